The molecule has 1 aliphatic heterocycles. The van der Waals surface area contributed by atoms with E-state index >= 15 is 0 Å². The summed E-state index contributed by atoms with van der Waals surface area (Å²) in [5.41, 5.74) is 2.55. The van der Waals surface area contributed by atoms with Crippen LogP contribution in [0.1, 0.15) is 6.42 Å². The molecule has 0 radical (unpaired) electrons. The van der Waals surface area contributed by atoms with E-state index in [4.69, 9.17) is 0 Å². The average Bonchev–Trinajstić information content (AvgIpc) is 2.21. The number of nitrogens with one attached hydrogen (secondary N) is 1. The minimum absolute atomic E-state index is 1.02. The first-order valence-electron chi connectivity index (χ1n) is 4.13. The topological polar surface area (TPSA) is 12.0 Å². The van der Waals surface area contributed by atoms with E-state index in [1.165, 1.54) is 11.3 Å². The molecule has 0 aromatic rings. The molecule has 0 amide bonds. The fraction of sp³-hybridized carbons (Fsp3) is 0.0909. The lowest BCUT2D eigenvalue weighted by molar-refractivity contribution is 1.04. The molecule has 0 bridgehead atoms. The van der Waals surface area contributed by atoms with Gasteiger partial charge in [-0.2, -0.15) is 0 Å². The summed E-state index contributed by atoms with van der Waals surface area (Å²) in [5, 5.41) is 3.22. The van der Waals surface area contributed by atoms with Gasteiger partial charge in [-0.1, -0.05) is 30.4 Å². The van der Waals surface area contributed by atoms with Crippen LogP contribution >= 0.6 is 0 Å². The molecule has 0 atom stereocenters. The Hall–Kier alpha value is -1.50. The molecule has 0 spiro atoms. The van der Waals surface area contributed by atoms with E-state index in [1.807, 2.05) is 18.4 Å². The molecule has 0 saturated carbocycles. The molecule has 0 aromatic heterocycles. The van der Waals surface area contributed by atoms with Gasteiger partial charge in [-0.15, -0.1) is 0 Å². The number of dihydropyridines is 1. The van der Waals surface area contributed by atoms with Crippen LogP contribution in [0.4, 0.5) is 0 Å². The molecular formula is C11H11N. The van der Waals surface area contributed by atoms with Gasteiger partial charge in [0.25, 0.3) is 0 Å². The molecular weight excluding hydrogens is 146 g/mol. The molecule has 0 unspecified atom stereocenters. The summed E-state index contributed by atoms with van der Waals surface area (Å²) < 4.78 is 0. The lowest BCUT2D eigenvalue weighted by Crippen LogP contribution is -2.07. The van der Waals surface area contributed by atoms with Crippen LogP contribution in [0.5, 0.6) is 0 Å². The van der Waals surface area contributed by atoms with E-state index in [0.29, 0.717) is 0 Å². The standard InChI is InChI=1S/C11H11N/c1-2-6-10(7-3-1)11-8-4-5-9-12-11/h1-6,8-9,12H,7H2. The number of allylic oxidation sites excluding steroid dienone is 8. The van der Waals surface area contributed by atoms with Gasteiger partial charge in [-0.25, -0.2) is 0 Å². The summed E-state index contributed by atoms with van der Waals surface area (Å²) in [4.78, 5) is 0. The Morgan fingerprint density at radius 1 is 1.00 bits per heavy atom. The smallest absolute Gasteiger partial charge is 0.0415 e. The second-order valence-corrected chi connectivity index (χ2v) is 2.79. The summed E-state index contributed by atoms with van der Waals surface area (Å²) in [6.45, 7) is 0. The Kier molecular flexibility index (Phi) is 1.95. The normalized spacial score (nSPS) is 26.0. The van der Waals surface area contributed by atoms with Crippen molar-refractivity contribution in [3.8, 4) is 0 Å². The van der Waals surface area contributed by atoms with E-state index in [1.54, 1.807) is 0 Å². The SMILES string of the molecule is C1=CCC(=C2C=CC=CN2)C=C1. The predicted octanol–water partition coefficient (Wildman–Crippen LogP) is 2.43. The third-order valence-electron chi connectivity index (χ3n) is 1.94. The molecule has 0 saturated heterocycles. The molecule has 1 nitrogen and oxygen atoms in total. The van der Waals surface area contributed by atoms with Crippen LogP contribution in [0.3, 0.4) is 0 Å². The molecule has 1 aliphatic carbocycles. The Morgan fingerprint density at radius 2 is 1.92 bits per heavy atom. The third kappa shape index (κ3) is 1.40. The predicted molar refractivity (Wildman–Crippen MR) is 51.3 cm³/mol. The molecule has 2 aliphatic rings. The zero-order valence-corrected chi connectivity index (χ0v) is 6.83. The van der Waals surface area contributed by atoms with Gasteiger partial charge < -0.3 is 5.32 Å². The van der Waals surface area contributed by atoms with Gasteiger partial charge in [-0.3, -0.25) is 0 Å². The highest BCUT2D eigenvalue weighted by Gasteiger charge is 2.01. The number of rotatable bonds is 0. The van der Waals surface area contributed by atoms with Crippen LogP contribution in [0.15, 0.2) is 60.0 Å². The van der Waals surface area contributed by atoms with Crippen LogP contribution in [0.25, 0.3) is 0 Å². The fourth-order valence-electron chi connectivity index (χ4n) is 1.31. The van der Waals surface area contributed by atoms with Crippen molar-refractivity contribution in [2.24, 2.45) is 0 Å². The minimum atomic E-state index is 1.02. The molecule has 1 N–H and O–H groups in total. The van der Waals surface area contributed by atoms with Gasteiger partial charge in [0.05, 0.1) is 0 Å². The van der Waals surface area contributed by atoms with Gasteiger partial charge in [0.1, 0.15) is 0 Å². The third-order valence-corrected chi connectivity index (χ3v) is 1.94. The van der Waals surface area contributed by atoms with Crippen molar-refractivity contribution in [1.29, 1.82) is 0 Å². The van der Waals surface area contributed by atoms with Crippen molar-refractivity contribution in [3.63, 3.8) is 0 Å². The summed E-state index contributed by atoms with van der Waals surface area (Å²) >= 11 is 0. The van der Waals surface area contributed by atoms with Crippen LogP contribution in [0.2, 0.25) is 0 Å². The van der Waals surface area contributed by atoms with Crippen molar-refractivity contribution in [3.05, 3.63) is 60.0 Å². The Morgan fingerprint density at radius 3 is 2.58 bits per heavy atom. The summed E-state index contributed by atoms with van der Waals surface area (Å²) in [6, 6.07) is 0. The van der Waals surface area contributed by atoms with Crippen LogP contribution in [-0.2, 0) is 0 Å². The Bertz CT molecular complexity index is 282. The summed E-state index contributed by atoms with van der Waals surface area (Å²) in [5.74, 6) is 0. The Labute approximate surface area is 72.5 Å². The van der Waals surface area contributed by atoms with E-state index in [0.717, 1.165) is 6.42 Å². The fourth-order valence-corrected chi connectivity index (χ4v) is 1.31. The van der Waals surface area contributed by atoms with Crippen molar-refractivity contribution >= 4 is 0 Å². The maximum absolute atomic E-state index is 3.22. The lowest BCUT2D eigenvalue weighted by Gasteiger charge is -2.11. The van der Waals surface area contributed by atoms with Crippen LogP contribution in [-0.4, -0.2) is 0 Å². The average molecular weight is 157 g/mol. The quantitative estimate of drug-likeness (QED) is 0.569. The van der Waals surface area contributed by atoms with Crippen molar-refractivity contribution in [2.45, 2.75) is 6.42 Å². The lowest BCUT2D eigenvalue weighted by atomic mass is 10.0. The largest absolute Gasteiger partial charge is 0.361 e. The van der Waals surface area contributed by atoms with Crippen LogP contribution < -0.4 is 5.32 Å². The maximum Gasteiger partial charge on any atom is 0.0415 e. The molecule has 60 valence electrons. The molecule has 12 heavy (non-hydrogen) atoms. The molecule has 1 heteroatoms. The summed E-state index contributed by atoms with van der Waals surface area (Å²) in [7, 11) is 0. The zero-order valence-electron chi connectivity index (χ0n) is 6.83. The first-order valence-corrected chi connectivity index (χ1v) is 4.13. The second-order valence-electron chi connectivity index (χ2n) is 2.79. The maximum atomic E-state index is 3.22. The number of hydrogen-bond donors (Lipinski definition) is 1. The molecule has 0 fully saturated rings. The number of hydrogen-bond acceptors (Lipinski definition) is 1. The molecule has 1 heterocycles. The second kappa shape index (κ2) is 3.26. The first-order chi connectivity index (χ1) is 5.97. The monoisotopic (exact) mass is 157 g/mol. The minimum Gasteiger partial charge on any atom is -0.361 e. The zero-order chi connectivity index (χ0) is 8.23. The summed E-state index contributed by atoms with van der Waals surface area (Å²) in [6.07, 6.45) is 17.6. The van der Waals surface area contributed by atoms with E-state index in [-0.39, 0.29) is 0 Å². The van der Waals surface area contributed by atoms with Gasteiger partial charge in [-0.05, 0) is 24.1 Å². The highest BCUT2D eigenvalue weighted by molar-refractivity contribution is 5.40. The van der Waals surface area contributed by atoms with E-state index in [9.17, 15) is 0 Å². The van der Waals surface area contributed by atoms with E-state index < -0.39 is 0 Å². The van der Waals surface area contributed by atoms with Gasteiger partial charge in [0.2, 0.25) is 0 Å². The van der Waals surface area contributed by atoms with E-state index in [2.05, 4.69) is 35.7 Å². The van der Waals surface area contributed by atoms with Gasteiger partial charge in [0.15, 0.2) is 0 Å². The van der Waals surface area contributed by atoms with Crippen molar-refractivity contribution in [1.82, 2.24) is 5.32 Å². The molecule has 0 aromatic carbocycles. The molecule has 2 rings (SSSR count). The van der Waals surface area contributed by atoms with Gasteiger partial charge >= 0.3 is 0 Å². The van der Waals surface area contributed by atoms with Gasteiger partial charge in [0, 0.05) is 11.9 Å². The highest BCUT2D eigenvalue weighted by atomic mass is 14.9. The van der Waals surface area contributed by atoms with Crippen molar-refractivity contribution < 1.29 is 0 Å². The van der Waals surface area contributed by atoms with Crippen molar-refractivity contribution in [2.75, 3.05) is 0 Å². The Balaban J connectivity index is 2.25. The first kappa shape index (κ1) is 7.17. The van der Waals surface area contributed by atoms with Crippen LogP contribution in [0, 0.1) is 0 Å². The highest BCUT2D eigenvalue weighted by Crippen LogP contribution is 2.15.